The molecule has 0 fully saturated rings. The van der Waals surface area contributed by atoms with Crippen molar-refractivity contribution < 1.29 is 0 Å². The molecule has 0 unspecified atom stereocenters. The molecule has 21 heavy (non-hydrogen) atoms. The zero-order valence-corrected chi connectivity index (χ0v) is 11.2. The molecule has 0 aliphatic heterocycles. The number of pyridine rings is 2. The smallest absolute Gasteiger partial charge is 0.0928 e. The van der Waals surface area contributed by atoms with Gasteiger partial charge in [0.25, 0.3) is 0 Å². The van der Waals surface area contributed by atoms with E-state index in [4.69, 9.17) is 0 Å². The van der Waals surface area contributed by atoms with Crippen LogP contribution in [0, 0.1) is 0 Å². The van der Waals surface area contributed by atoms with Gasteiger partial charge in [0.1, 0.15) is 0 Å². The van der Waals surface area contributed by atoms with Gasteiger partial charge in [-0.3, -0.25) is 9.97 Å². The molecule has 4 heteroatoms. The van der Waals surface area contributed by atoms with E-state index >= 15 is 0 Å². The normalized spacial score (nSPS) is 10.9. The van der Waals surface area contributed by atoms with E-state index in [1.807, 2.05) is 41.3 Å². The van der Waals surface area contributed by atoms with Crippen molar-refractivity contribution in [1.29, 1.82) is 0 Å². The summed E-state index contributed by atoms with van der Waals surface area (Å²) in [4.78, 5) is 8.29. The molecular weight excluding hydrogens is 260 g/mol. The standard InChI is InChI=1S/C17H12N4/c1-3-14(10-18-7-1)13-5-6-17-15(9-13)12-21(20-17)16-4-2-8-19-11-16/h1-12H. The van der Waals surface area contributed by atoms with Crippen LogP contribution in [-0.2, 0) is 0 Å². The van der Waals surface area contributed by atoms with Crippen molar-refractivity contribution >= 4 is 10.9 Å². The van der Waals surface area contributed by atoms with Crippen LogP contribution in [0.4, 0.5) is 0 Å². The van der Waals surface area contributed by atoms with Gasteiger partial charge in [-0.05, 0) is 35.9 Å². The summed E-state index contributed by atoms with van der Waals surface area (Å²) in [7, 11) is 0. The van der Waals surface area contributed by atoms with Gasteiger partial charge in [-0.25, -0.2) is 4.68 Å². The Balaban J connectivity index is 1.82. The lowest BCUT2D eigenvalue weighted by atomic mass is 10.1. The number of rotatable bonds is 2. The van der Waals surface area contributed by atoms with Crippen molar-refractivity contribution in [2.75, 3.05) is 0 Å². The number of hydrogen-bond acceptors (Lipinski definition) is 3. The van der Waals surface area contributed by atoms with Gasteiger partial charge in [-0.2, -0.15) is 5.10 Å². The zero-order chi connectivity index (χ0) is 14.1. The van der Waals surface area contributed by atoms with Crippen LogP contribution in [0.15, 0.2) is 73.4 Å². The van der Waals surface area contributed by atoms with E-state index in [0.29, 0.717) is 0 Å². The highest BCUT2D eigenvalue weighted by Crippen LogP contribution is 2.23. The lowest BCUT2D eigenvalue weighted by molar-refractivity contribution is 0.889. The molecule has 3 aromatic heterocycles. The number of aromatic nitrogens is 4. The van der Waals surface area contributed by atoms with E-state index in [2.05, 4.69) is 33.3 Å². The fourth-order valence-corrected chi connectivity index (χ4v) is 2.36. The highest BCUT2D eigenvalue weighted by Gasteiger charge is 2.05. The number of benzene rings is 1. The summed E-state index contributed by atoms with van der Waals surface area (Å²) in [5.41, 5.74) is 4.16. The molecule has 0 spiro atoms. The molecule has 0 radical (unpaired) electrons. The summed E-state index contributed by atoms with van der Waals surface area (Å²) >= 11 is 0. The van der Waals surface area contributed by atoms with Crippen molar-refractivity contribution in [2.24, 2.45) is 0 Å². The van der Waals surface area contributed by atoms with Gasteiger partial charge in [0.2, 0.25) is 0 Å². The molecule has 0 atom stereocenters. The van der Waals surface area contributed by atoms with Crippen LogP contribution in [0.1, 0.15) is 0 Å². The van der Waals surface area contributed by atoms with Crippen molar-refractivity contribution in [1.82, 2.24) is 19.7 Å². The van der Waals surface area contributed by atoms with Gasteiger partial charge in [0, 0.05) is 35.7 Å². The first kappa shape index (κ1) is 11.8. The van der Waals surface area contributed by atoms with E-state index in [-0.39, 0.29) is 0 Å². The van der Waals surface area contributed by atoms with Gasteiger partial charge in [-0.15, -0.1) is 0 Å². The van der Waals surface area contributed by atoms with Crippen LogP contribution in [0.3, 0.4) is 0 Å². The SMILES string of the molecule is c1cncc(-c2ccc3nn(-c4cccnc4)cc3c2)c1. The fraction of sp³-hybridized carbons (Fsp3) is 0. The Hall–Kier alpha value is -3.01. The van der Waals surface area contributed by atoms with Crippen LogP contribution in [0.2, 0.25) is 0 Å². The maximum atomic E-state index is 4.58. The quantitative estimate of drug-likeness (QED) is 0.561. The largest absolute Gasteiger partial charge is 0.264 e. The molecule has 0 bridgehead atoms. The predicted octanol–water partition coefficient (Wildman–Crippen LogP) is 3.48. The van der Waals surface area contributed by atoms with Gasteiger partial charge in [0.05, 0.1) is 17.4 Å². The van der Waals surface area contributed by atoms with Crippen LogP contribution in [-0.4, -0.2) is 19.7 Å². The van der Waals surface area contributed by atoms with Crippen LogP contribution < -0.4 is 0 Å². The van der Waals surface area contributed by atoms with Crippen LogP contribution in [0.25, 0.3) is 27.7 Å². The summed E-state index contributed by atoms with van der Waals surface area (Å²) in [5.74, 6) is 0. The van der Waals surface area contributed by atoms with Crippen molar-refractivity contribution in [3.63, 3.8) is 0 Å². The average Bonchev–Trinajstić information content (AvgIpc) is 2.99. The Morgan fingerprint density at radius 1 is 0.810 bits per heavy atom. The Morgan fingerprint density at radius 2 is 1.67 bits per heavy atom. The van der Waals surface area contributed by atoms with Crippen molar-refractivity contribution in [2.45, 2.75) is 0 Å². The van der Waals surface area contributed by atoms with E-state index < -0.39 is 0 Å². The Morgan fingerprint density at radius 3 is 2.43 bits per heavy atom. The zero-order valence-electron chi connectivity index (χ0n) is 11.2. The maximum Gasteiger partial charge on any atom is 0.0928 e. The summed E-state index contributed by atoms with van der Waals surface area (Å²) in [6, 6.07) is 14.1. The lowest BCUT2D eigenvalue weighted by Crippen LogP contribution is -1.93. The van der Waals surface area contributed by atoms with Gasteiger partial charge in [0.15, 0.2) is 0 Å². The Kier molecular flexibility index (Phi) is 2.71. The first-order valence-electron chi connectivity index (χ1n) is 6.70. The molecular formula is C17H12N4. The number of nitrogens with zero attached hydrogens (tertiary/aromatic N) is 4. The highest BCUT2D eigenvalue weighted by atomic mass is 15.3. The van der Waals surface area contributed by atoms with Gasteiger partial charge >= 0.3 is 0 Å². The maximum absolute atomic E-state index is 4.58. The molecule has 0 amide bonds. The Bertz CT molecular complexity index is 845. The van der Waals surface area contributed by atoms with E-state index in [1.54, 1.807) is 18.6 Å². The van der Waals surface area contributed by atoms with Gasteiger partial charge in [-0.1, -0.05) is 12.1 Å². The summed E-state index contributed by atoms with van der Waals surface area (Å²) in [6.45, 7) is 0. The molecule has 0 saturated heterocycles. The molecule has 4 aromatic rings. The average molecular weight is 272 g/mol. The first-order chi connectivity index (χ1) is 10.4. The minimum atomic E-state index is 0.955. The first-order valence-corrected chi connectivity index (χ1v) is 6.70. The molecule has 0 N–H and O–H groups in total. The lowest BCUT2D eigenvalue weighted by Gasteiger charge is -1.99. The topological polar surface area (TPSA) is 43.6 Å². The Labute approximate surface area is 121 Å². The van der Waals surface area contributed by atoms with Crippen molar-refractivity contribution in [3.05, 3.63) is 73.4 Å². The van der Waals surface area contributed by atoms with Crippen LogP contribution >= 0.6 is 0 Å². The molecule has 0 aliphatic carbocycles. The van der Waals surface area contributed by atoms with E-state index in [9.17, 15) is 0 Å². The molecule has 0 saturated carbocycles. The molecule has 1 aromatic carbocycles. The molecule has 0 aliphatic rings. The third kappa shape index (κ3) is 2.17. The monoisotopic (exact) mass is 272 g/mol. The summed E-state index contributed by atoms with van der Waals surface area (Å²) in [5, 5.41) is 5.68. The fourth-order valence-electron chi connectivity index (χ4n) is 2.36. The number of hydrogen-bond donors (Lipinski definition) is 0. The minimum Gasteiger partial charge on any atom is -0.264 e. The predicted molar refractivity (Wildman–Crippen MR) is 82.1 cm³/mol. The molecule has 100 valence electrons. The van der Waals surface area contributed by atoms with Gasteiger partial charge < -0.3 is 0 Å². The molecule has 3 heterocycles. The van der Waals surface area contributed by atoms with E-state index in [1.165, 1.54) is 0 Å². The molecule has 4 nitrogen and oxygen atoms in total. The third-order valence-corrected chi connectivity index (χ3v) is 3.41. The summed E-state index contributed by atoms with van der Waals surface area (Å²) < 4.78 is 1.85. The third-order valence-electron chi connectivity index (χ3n) is 3.41. The summed E-state index contributed by atoms with van der Waals surface area (Å²) in [6.07, 6.45) is 9.22. The second kappa shape index (κ2) is 4.83. The number of fused-ring (bicyclic) bond motifs is 1. The highest BCUT2D eigenvalue weighted by molar-refractivity contribution is 5.84. The second-order valence-corrected chi connectivity index (χ2v) is 4.80. The van der Waals surface area contributed by atoms with Crippen molar-refractivity contribution in [3.8, 4) is 16.8 Å². The minimum absolute atomic E-state index is 0.955. The molecule has 4 rings (SSSR count). The van der Waals surface area contributed by atoms with E-state index in [0.717, 1.165) is 27.7 Å². The second-order valence-electron chi connectivity index (χ2n) is 4.80. The van der Waals surface area contributed by atoms with Crippen LogP contribution in [0.5, 0.6) is 0 Å².